The summed E-state index contributed by atoms with van der Waals surface area (Å²) in [6.45, 7) is 3.95. The molecule has 2 rings (SSSR count). The summed E-state index contributed by atoms with van der Waals surface area (Å²) in [7, 11) is -3.11. The lowest BCUT2D eigenvalue weighted by Gasteiger charge is -2.39. The van der Waals surface area contributed by atoms with E-state index in [1.165, 1.54) is 6.26 Å². The van der Waals surface area contributed by atoms with Gasteiger partial charge in [0.2, 0.25) is 0 Å². The Hall–Kier alpha value is -0.570. The molecule has 1 aliphatic rings. The molecule has 1 saturated heterocycles. The Labute approximate surface area is 124 Å². The Morgan fingerprint density at radius 1 is 1.60 bits per heavy atom. The minimum atomic E-state index is -3.11. The normalized spacial score (nSPS) is 22.9. The molecule has 0 amide bonds. The van der Waals surface area contributed by atoms with Crippen LogP contribution in [-0.2, 0) is 16.4 Å². The highest BCUT2D eigenvalue weighted by molar-refractivity contribution is 8.00. The van der Waals surface area contributed by atoms with Crippen molar-refractivity contribution in [1.29, 1.82) is 0 Å². The summed E-state index contributed by atoms with van der Waals surface area (Å²) in [6, 6.07) is -0.0871. The fourth-order valence-electron chi connectivity index (χ4n) is 2.51. The zero-order chi connectivity index (χ0) is 14.8. The second-order valence-corrected chi connectivity index (χ2v) is 8.33. The van der Waals surface area contributed by atoms with Crippen LogP contribution in [0.2, 0.25) is 0 Å². The Kier molecular flexibility index (Phi) is 5.11. The number of nitrogens with two attached hydrogens (primary N) is 1. The van der Waals surface area contributed by atoms with Crippen LogP contribution >= 0.6 is 11.8 Å². The molecule has 1 aromatic rings. The van der Waals surface area contributed by atoms with E-state index in [1.807, 2.05) is 22.7 Å². The van der Waals surface area contributed by atoms with Gasteiger partial charge in [-0.1, -0.05) is 0 Å². The van der Waals surface area contributed by atoms with E-state index in [4.69, 9.17) is 5.73 Å². The smallest absolute Gasteiger partial charge is 0.164 e. The molecule has 6 nitrogen and oxygen atoms in total. The summed E-state index contributed by atoms with van der Waals surface area (Å²) in [4.78, 5) is 2.02. The first-order valence-corrected chi connectivity index (χ1v) is 9.83. The fourth-order valence-corrected chi connectivity index (χ4v) is 5.43. The molecule has 2 heterocycles. The summed E-state index contributed by atoms with van der Waals surface area (Å²) in [5.74, 6) is 1.54. The highest BCUT2D eigenvalue weighted by atomic mass is 32.2. The van der Waals surface area contributed by atoms with Crippen LogP contribution in [0.15, 0.2) is 12.4 Å². The number of rotatable bonds is 5. The van der Waals surface area contributed by atoms with Crippen molar-refractivity contribution < 1.29 is 8.42 Å². The maximum Gasteiger partial charge on any atom is 0.164 e. The molecule has 0 saturated carbocycles. The Morgan fingerprint density at radius 3 is 2.90 bits per heavy atom. The molecule has 2 unspecified atom stereocenters. The lowest BCUT2D eigenvalue weighted by atomic mass is 10.1. The highest BCUT2D eigenvalue weighted by Crippen LogP contribution is 2.29. The molecule has 2 atom stereocenters. The topological polar surface area (TPSA) is 81.2 Å². The zero-order valence-electron chi connectivity index (χ0n) is 11.9. The second kappa shape index (κ2) is 6.46. The molecule has 0 radical (unpaired) electrons. The number of aromatic nitrogens is 2. The predicted octanol–water partition coefficient (Wildman–Crippen LogP) is 0.322. The molecule has 20 heavy (non-hydrogen) atoms. The van der Waals surface area contributed by atoms with Gasteiger partial charge in [-0.3, -0.25) is 9.58 Å². The molecule has 0 aromatic carbocycles. The molecule has 0 aliphatic carbocycles. The minimum absolute atomic E-state index is 0.0871. The lowest BCUT2D eigenvalue weighted by molar-refractivity contribution is 0.198. The third kappa shape index (κ3) is 3.36. The quantitative estimate of drug-likeness (QED) is 0.842. The first-order chi connectivity index (χ1) is 9.47. The standard InChI is InChI=1S/C12H22N4O2S2/c1-3-15-8-10(7-14-15)11(6-13)16-4-5-19-9-12(16)20(2,17)18/h7-8,11-12H,3-6,9,13H2,1-2H3. The molecule has 1 aliphatic heterocycles. The van der Waals surface area contributed by atoms with Crippen molar-refractivity contribution in [2.24, 2.45) is 5.73 Å². The van der Waals surface area contributed by atoms with Crippen LogP contribution in [0.25, 0.3) is 0 Å². The van der Waals surface area contributed by atoms with Gasteiger partial charge in [0, 0.05) is 49.2 Å². The SMILES string of the molecule is CCn1cc(C(CN)N2CCSCC2S(C)(=O)=O)cn1. The highest BCUT2D eigenvalue weighted by Gasteiger charge is 2.35. The van der Waals surface area contributed by atoms with Gasteiger partial charge in [-0.25, -0.2) is 8.42 Å². The van der Waals surface area contributed by atoms with Crippen molar-refractivity contribution in [3.63, 3.8) is 0 Å². The molecule has 2 N–H and O–H groups in total. The van der Waals surface area contributed by atoms with E-state index >= 15 is 0 Å². The number of thioether (sulfide) groups is 1. The van der Waals surface area contributed by atoms with Crippen LogP contribution in [0, 0.1) is 0 Å². The van der Waals surface area contributed by atoms with Crippen molar-refractivity contribution in [2.75, 3.05) is 30.9 Å². The van der Waals surface area contributed by atoms with Crippen LogP contribution in [0.4, 0.5) is 0 Å². The summed E-state index contributed by atoms with van der Waals surface area (Å²) < 4.78 is 25.8. The molecular formula is C12H22N4O2S2. The van der Waals surface area contributed by atoms with Gasteiger partial charge in [0.05, 0.1) is 12.2 Å². The molecule has 1 fully saturated rings. The molecule has 8 heteroatoms. The van der Waals surface area contributed by atoms with Crippen LogP contribution in [-0.4, -0.2) is 59.3 Å². The van der Waals surface area contributed by atoms with Gasteiger partial charge in [-0.2, -0.15) is 16.9 Å². The number of hydrogen-bond donors (Lipinski definition) is 1. The van der Waals surface area contributed by atoms with Crippen molar-refractivity contribution in [3.8, 4) is 0 Å². The first-order valence-electron chi connectivity index (χ1n) is 6.72. The van der Waals surface area contributed by atoms with Crippen molar-refractivity contribution in [2.45, 2.75) is 24.9 Å². The molecular weight excluding hydrogens is 296 g/mol. The van der Waals surface area contributed by atoms with Crippen molar-refractivity contribution >= 4 is 21.6 Å². The maximum atomic E-state index is 12.0. The van der Waals surface area contributed by atoms with E-state index in [0.29, 0.717) is 12.3 Å². The average molecular weight is 318 g/mol. The number of nitrogens with zero attached hydrogens (tertiary/aromatic N) is 3. The van der Waals surface area contributed by atoms with E-state index in [2.05, 4.69) is 5.10 Å². The Morgan fingerprint density at radius 2 is 2.35 bits per heavy atom. The van der Waals surface area contributed by atoms with Gasteiger partial charge < -0.3 is 5.73 Å². The second-order valence-electron chi connectivity index (χ2n) is 4.98. The third-order valence-corrected chi connectivity index (χ3v) is 6.26. The summed E-state index contributed by atoms with van der Waals surface area (Å²) in [6.07, 6.45) is 5.06. The van der Waals surface area contributed by atoms with Crippen LogP contribution in [0.1, 0.15) is 18.5 Å². The van der Waals surface area contributed by atoms with Gasteiger partial charge in [0.25, 0.3) is 0 Å². The number of hydrogen-bond acceptors (Lipinski definition) is 6. The molecule has 114 valence electrons. The minimum Gasteiger partial charge on any atom is -0.329 e. The molecule has 0 bridgehead atoms. The molecule has 0 spiro atoms. The van der Waals surface area contributed by atoms with Crippen molar-refractivity contribution in [3.05, 3.63) is 18.0 Å². The lowest BCUT2D eigenvalue weighted by Crippen LogP contribution is -2.50. The van der Waals surface area contributed by atoms with Crippen LogP contribution in [0.3, 0.4) is 0 Å². The van der Waals surface area contributed by atoms with Gasteiger partial charge in [0.1, 0.15) is 5.37 Å². The van der Waals surface area contributed by atoms with Crippen LogP contribution in [0.5, 0.6) is 0 Å². The predicted molar refractivity (Wildman–Crippen MR) is 82.4 cm³/mol. The first kappa shape index (κ1) is 15.8. The van der Waals surface area contributed by atoms with E-state index in [-0.39, 0.29) is 6.04 Å². The van der Waals surface area contributed by atoms with Gasteiger partial charge in [0.15, 0.2) is 9.84 Å². The third-order valence-electron chi connectivity index (χ3n) is 3.60. The average Bonchev–Trinajstić information content (AvgIpc) is 2.88. The maximum absolute atomic E-state index is 12.0. The van der Waals surface area contributed by atoms with E-state index in [1.54, 1.807) is 18.0 Å². The van der Waals surface area contributed by atoms with Crippen LogP contribution < -0.4 is 5.73 Å². The van der Waals surface area contributed by atoms with Gasteiger partial charge >= 0.3 is 0 Å². The Balaban J connectivity index is 2.28. The summed E-state index contributed by atoms with van der Waals surface area (Å²) in [5, 5.41) is 3.81. The van der Waals surface area contributed by atoms with E-state index < -0.39 is 15.2 Å². The Bertz CT molecular complexity index is 543. The van der Waals surface area contributed by atoms with Gasteiger partial charge in [-0.15, -0.1) is 0 Å². The van der Waals surface area contributed by atoms with E-state index in [9.17, 15) is 8.42 Å². The summed E-state index contributed by atoms with van der Waals surface area (Å²) in [5.41, 5.74) is 6.91. The largest absolute Gasteiger partial charge is 0.329 e. The fraction of sp³-hybridized carbons (Fsp3) is 0.750. The number of aryl methyl sites for hydroxylation is 1. The van der Waals surface area contributed by atoms with Gasteiger partial charge in [-0.05, 0) is 6.92 Å². The van der Waals surface area contributed by atoms with Crippen molar-refractivity contribution in [1.82, 2.24) is 14.7 Å². The number of sulfone groups is 1. The van der Waals surface area contributed by atoms with E-state index in [0.717, 1.165) is 24.4 Å². The summed E-state index contributed by atoms with van der Waals surface area (Å²) >= 11 is 1.68. The zero-order valence-corrected chi connectivity index (χ0v) is 13.5. The monoisotopic (exact) mass is 318 g/mol. The molecule has 1 aromatic heterocycles.